The third kappa shape index (κ3) is 8.92. The fourth-order valence-corrected chi connectivity index (χ4v) is 3.75. The standard InChI is InChI=1S/C23H39N5O/c1-2-3-4-5-6-7-8-9-10-11-12-13-14-15-16-17-19(29)22-27-21(24)20-23(28-22)26-18-25-20/h18H,2-17H2,1H3,(H3,24,25,26,27,28). The molecular weight excluding hydrogens is 362 g/mol. The van der Waals surface area contributed by atoms with Crippen molar-refractivity contribution in [1.29, 1.82) is 0 Å². The van der Waals surface area contributed by atoms with Crippen molar-refractivity contribution in [3.63, 3.8) is 0 Å². The molecule has 0 saturated heterocycles. The summed E-state index contributed by atoms with van der Waals surface area (Å²) in [5, 5.41) is 0. The summed E-state index contributed by atoms with van der Waals surface area (Å²) < 4.78 is 0. The van der Waals surface area contributed by atoms with E-state index in [1.165, 1.54) is 89.8 Å². The molecule has 2 rings (SSSR count). The van der Waals surface area contributed by atoms with Gasteiger partial charge in [0.1, 0.15) is 5.52 Å². The molecule has 0 fully saturated rings. The summed E-state index contributed by atoms with van der Waals surface area (Å²) >= 11 is 0. The van der Waals surface area contributed by atoms with Crippen molar-refractivity contribution in [1.82, 2.24) is 19.9 Å². The van der Waals surface area contributed by atoms with E-state index < -0.39 is 0 Å². The Labute approximate surface area is 175 Å². The zero-order valence-corrected chi connectivity index (χ0v) is 18.2. The van der Waals surface area contributed by atoms with Crippen LogP contribution in [-0.4, -0.2) is 25.7 Å². The SMILES string of the molecule is CCCCCCCCCCCCCCCCCC(=O)c1nc(N)c2[nH]cnc2n1. The van der Waals surface area contributed by atoms with Crippen molar-refractivity contribution in [2.45, 2.75) is 110 Å². The first-order valence-corrected chi connectivity index (χ1v) is 11.7. The number of carbonyl (C=O) groups excluding carboxylic acids is 1. The number of unbranched alkanes of at least 4 members (excludes halogenated alkanes) is 14. The van der Waals surface area contributed by atoms with Gasteiger partial charge in [-0.2, -0.15) is 0 Å². The Morgan fingerprint density at radius 2 is 1.34 bits per heavy atom. The molecule has 0 aliphatic carbocycles. The van der Waals surface area contributed by atoms with Crippen LogP contribution in [0.1, 0.15) is 120 Å². The Balaban J connectivity index is 1.42. The Morgan fingerprint density at radius 1 is 0.828 bits per heavy atom. The molecule has 0 unspecified atom stereocenters. The minimum Gasteiger partial charge on any atom is -0.382 e. The maximum Gasteiger partial charge on any atom is 0.200 e. The average Bonchev–Trinajstić information content (AvgIpc) is 3.20. The van der Waals surface area contributed by atoms with Crippen molar-refractivity contribution >= 4 is 22.8 Å². The lowest BCUT2D eigenvalue weighted by atomic mass is 10.0. The van der Waals surface area contributed by atoms with Gasteiger partial charge >= 0.3 is 0 Å². The van der Waals surface area contributed by atoms with Gasteiger partial charge in [-0.25, -0.2) is 15.0 Å². The molecule has 6 nitrogen and oxygen atoms in total. The zero-order chi connectivity index (χ0) is 20.7. The van der Waals surface area contributed by atoms with Gasteiger partial charge in [-0.1, -0.05) is 96.8 Å². The van der Waals surface area contributed by atoms with Crippen LogP contribution in [0.25, 0.3) is 11.2 Å². The van der Waals surface area contributed by atoms with Crippen molar-refractivity contribution in [3.8, 4) is 0 Å². The molecule has 0 bridgehead atoms. The second kappa shape index (κ2) is 14.1. The number of nitrogens with two attached hydrogens (primary N) is 1. The number of nitrogen functional groups attached to an aromatic ring is 1. The molecule has 0 saturated carbocycles. The monoisotopic (exact) mass is 401 g/mol. The summed E-state index contributed by atoms with van der Waals surface area (Å²) in [7, 11) is 0. The summed E-state index contributed by atoms with van der Waals surface area (Å²) in [6.45, 7) is 2.27. The van der Waals surface area contributed by atoms with Crippen molar-refractivity contribution in [3.05, 3.63) is 12.2 Å². The highest BCUT2D eigenvalue weighted by atomic mass is 16.1. The highest BCUT2D eigenvalue weighted by Gasteiger charge is 2.13. The predicted octanol–water partition coefficient (Wildman–Crippen LogP) is 6.38. The van der Waals surface area contributed by atoms with E-state index in [1.54, 1.807) is 0 Å². The Hall–Kier alpha value is -1.98. The minimum atomic E-state index is -0.0451. The summed E-state index contributed by atoms with van der Waals surface area (Å²) in [5.74, 6) is 0.427. The Bertz CT molecular complexity index is 712. The summed E-state index contributed by atoms with van der Waals surface area (Å²) in [4.78, 5) is 27.5. The first-order valence-electron chi connectivity index (χ1n) is 11.7. The minimum absolute atomic E-state index is 0.0451. The van der Waals surface area contributed by atoms with Gasteiger partial charge in [0, 0.05) is 6.42 Å². The number of aromatic amines is 1. The normalized spacial score (nSPS) is 11.3. The van der Waals surface area contributed by atoms with Crippen LogP contribution in [0.15, 0.2) is 6.33 Å². The molecular formula is C23H39N5O. The van der Waals surface area contributed by atoms with Crippen LogP contribution in [0.5, 0.6) is 0 Å². The van der Waals surface area contributed by atoms with E-state index in [-0.39, 0.29) is 17.4 Å². The molecule has 0 amide bonds. The maximum absolute atomic E-state index is 12.3. The number of ketones is 1. The van der Waals surface area contributed by atoms with Gasteiger partial charge in [0.05, 0.1) is 6.33 Å². The van der Waals surface area contributed by atoms with Crippen LogP contribution >= 0.6 is 0 Å². The maximum atomic E-state index is 12.3. The number of fused-ring (bicyclic) bond motifs is 1. The number of carbonyl (C=O) groups is 1. The van der Waals surface area contributed by atoms with E-state index in [9.17, 15) is 4.79 Å². The second-order valence-electron chi connectivity index (χ2n) is 8.16. The topological polar surface area (TPSA) is 97.6 Å². The number of rotatable bonds is 17. The van der Waals surface area contributed by atoms with E-state index >= 15 is 0 Å². The predicted molar refractivity (Wildman–Crippen MR) is 120 cm³/mol. The first kappa shape index (κ1) is 23.3. The molecule has 0 spiro atoms. The summed E-state index contributed by atoms with van der Waals surface area (Å²) in [5.41, 5.74) is 6.90. The lowest BCUT2D eigenvalue weighted by molar-refractivity contribution is 0.0969. The molecule has 162 valence electrons. The number of H-pyrrole nitrogens is 1. The first-order chi connectivity index (χ1) is 14.2. The van der Waals surface area contributed by atoms with Gasteiger partial charge in [-0.05, 0) is 6.42 Å². The molecule has 2 aromatic rings. The molecule has 29 heavy (non-hydrogen) atoms. The third-order valence-corrected chi connectivity index (χ3v) is 5.57. The number of hydrogen-bond donors (Lipinski definition) is 2. The van der Waals surface area contributed by atoms with E-state index in [2.05, 4.69) is 26.9 Å². The van der Waals surface area contributed by atoms with Gasteiger partial charge in [-0.3, -0.25) is 4.79 Å². The Morgan fingerprint density at radius 3 is 1.90 bits per heavy atom. The number of aromatic nitrogens is 4. The van der Waals surface area contributed by atoms with E-state index in [0.717, 1.165) is 12.8 Å². The van der Waals surface area contributed by atoms with Crippen LogP contribution in [0.3, 0.4) is 0 Å². The number of Topliss-reactive ketones (excluding diaryl/α,β-unsaturated/α-hetero) is 1. The summed E-state index contributed by atoms with van der Waals surface area (Å²) in [6.07, 6.45) is 21.7. The highest BCUT2D eigenvalue weighted by molar-refractivity contribution is 5.95. The highest BCUT2D eigenvalue weighted by Crippen LogP contribution is 2.16. The van der Waals surface area contributed by atoms with Gasteiger partial charge < -0.3 is 10.7 Å². The smallest absolute Gasteiger partial charge is 0.200 e. The van der Waals surface area contributed by atoms with Crippen molar-refractivity contribution < 1.29 is 4.79 Å². The number of nitrogens with zero attached hydrogens (tertiary/aromatic N) is 3. The number of nitrogens with one attached hydrogen (secondary N) is 1. The fourth-order valence-electron chi connectivity index (χ4n) is 3.75. The van der Waals surface area contributed by atoms with Gasteiger partial charge in [0.2, 0.25) is 0 Å². The van der Waals surface area contributed by atoms with Crippen molar-refractivity contribution in [2.24, 2.45) is 0 Å². The Kier molecular flexibility index (Phi) is 11.3. The molecule has 0 atom stereocenters. The lowest BCUT2D eigenvalue weighted by Crippen LogP contribution is -2.08. The van der Waals surface area contributed by atoms with Crippen LogP contribution in [0.2, 0.25) is 0 Å². The lowest BCUT2D eigenvalue weighted by Gasteiger charge is -2.04. The second-order valence-corrected chi connectivity index (χ2v) is 8.16. The molecule has 2 aromatic heterocycles. The molecule has 0 aromatic carbocycles. The third-order valence-electron chi connectivity index (χ3n) is 5.57. The van der Waals surface area contributed by atoms with E-state index in [1.807, 2.05) is 0 Å². The molecule has 0 radical (unpaired) electrons. The van der Waals surface area contributed by atoms with Crippen LogP contribution in [-0.2, 0) is 0 Å². The van der Waals surface area contributed by atoms with E-state index in [0.29, 0.717) is 17.6 Å². The number of hydrogen-bond acceptors (Lipinski definition) is 5. The van der Waals surface area contributed by atoms with Crippen LogP contribution in [0, 0.1) is 0 Å². The average molecular weight is 402 g/mol. The molecule has 0 aliphatic heterocycles. The zero-order valence-electron chi connectivity index (χ0n) is 18.2. The molecule has 6 heteroatoms. The number of imidazole rings is 1. The van der Waals surface area contributed by atoms with Crippen LogP contribution in [0.4, 0.5) is 5.82 Å². The van der Waals surface area contributed by atoms with Gasteiger partial charge in [0.15, 0.2) is 23.1 Å². The van der Waals surface area contributed by atoms with Gasteiger partial charge in [0.25, 0.3) is 0 Å². The summed E-state index contributed by atoms with van der Waals surface area (Å²) in [6, 6.07) is 0. The number of anilines is 1. The molecule has 2 heterocycles. The largest absolute Gasteiger partial charge is 0.382 e. The molecule has 3 N–H and O–H groups in total. The quantitative estimate of drug-likeness (QED) is 0.237. The van der Waals surface area contributed by atoms with Gasteiger partial charge in [-0.15, -0.1) is 0 Å². The van der Waals surface area contributed by atoms with E-state index in [4.69, 9.17) is 5.73 Å². The fraction of sp³-hybridized carbons (Fsp3) is 0.739. The van der Waals surface area contributed by atoms with Crippen LogP contribution < -0.4 is 5.73 Å². The van der Waals surface area contributed by atoms with Crippen molar-refractivity contribution in [2.75, 3.05) is 5.73 Å². The molecule has 0 aliphatic rings.